The summed E-state index contributed by atoms with van der Waals surface area (Å²) in [6.45, 7) is 6.18. The highest BCUT2D eigenvalue weighted by molar-refractivity contribution is 7.89. The van der Waals surface area contributed by atoms with Crippen LogP contribution in [0.1, 0.15) is 33.6 Å². The van der Waals surface area contributed by atoms with Gasteiger partial charge in [0.25, 0.3) is 0 Å². The maximum atomic E-state index is 12.1. The summed E-state index contributed by atoms with van der Waals surface area (Å²) in [5, 5.41) is 0.299. The second-order valence-corrected chi connectivity index (χ2v) is 6.46. The average molecular weight is 306 g/mol. The van der Waals surface area contributed by atoms with Crippen molar-refractivity contribution in [3.63, 3.8) is 0 Å². The minimum Gasteiger partial charge on any atom is -0.492 e. The van der Waals surface area contributed by atoms with Gasteiger partial charge >= 0.3 is 0 Å². The second-order valence-electron chi connectivity index (χ2n) is 4.34. The summed E-state index contributed by atoms with van der Waals surface area (Å²) >= 11 is 5.99. The molecule has 0 fully saturated rings. The molecule has 1 N–H and O–H groups in total. The van der Waals surface area contributed by atoms with Crippen LogP contribution in [0.3, 0.4) is 0 Å². The van der Waals surface area contributed by atoms with Crippen molar-refractivity contribution in [1.82, 2.24) is 4.72 Å². The van der Waals surface area contributed by atoms with Gasteiger partial charge in [0.15, 0.2) is 0 Å². The largest absolute Gasteiger partial charge is 0.492 e. The molecule has 0 amide bonds. The van der Waals surface area contributed by atoms with E-state index < -0.39 is 10.0 Å². The summed E-state index contributed by atoms with van der Waals surface area (Å²) < 4.78 is 32.2. The van der Waals surface area contributed by atoms with Crippen LogP contribution in [-0.2, 0) is 10.0 Å². The summed E-state index contributed by atoms with van der Waals surface area (Å²) in [5.41, 5.74) is 0. The number of rotatable bonds is 7. The van der Waals surface area contributed by atoms with Crippen LogP contribution < -0.4 is 9.46 Å². The van der Waals surface area contributed by atoms with Crippen LogP contribution in [0, 0.1) is 0 Å². The Morgan fingerprint density at radius 1 is 1.37 bits per heavy atom. The van der Waals surface area contributed by atoms with E-state index in [0.29, 0.717) is 17.4 Å². The number of hydrogen-bond donors (Lipinski definition) is 1. The highest BCUT2D eigenvalue weighted by atomic mass is 35.5. The molecule has 1 rings (SSSR count). The maximum absolute atomic E-state index is 12.1. The molecule has 0 bridgehead atoms. The van der Waals surface area contributed by atoms with Crippen LogP contribution in [0.5, 0.6) is 5.75 Å². The Morgan fingerprint density at radius 3 is 2.58 bits per heavy atom. The molecule has 1 aromatic carbocycles. The highest BCUT2D eigenvalue weighted by Gasteiger charge is 2.18. The highest BCUT2D eigenvalue weighted by Crippen LogP contribution is 2.27. The van der Waals surface area contributed by atoms with Crippen LogP contribution in [0.4, 0.5) is 0 Å². The summed E-state index contributed by atoms with van der Waals surface area (Å²) in [6.07, 6.45) is 1.72. The zero-order valence-electron chi connectivity index (χ0n) is 11.4. The molecule has 0 spiro atoms. The van der Waals surface area contributed by atoms with Crippen molar-refractivity contribution in [2.45, 2.75) is 44.6 Å². The van der Waals surface area contributed by atoms with Gasteiger partial charge in [0.05, 0.1) is 16.5 Å². The molecule has 0 aliphatic heterocycles. The predicted octanol–water partition coefficient (Wildman–Crippen LogP) is 3.21. The number of halogens is 1. The third-order valence-electron chi connectivity index (χ3n) is 2.59. The quantitative estimate of drug-likeness (QED) is 0.841. The Hall–Kier alpha value is -0.780. The SMILES string of the molecule is CCC[C@@H](C)NS(=O)(=O)c1ccc(OCC)c(Cl)c1. The van der Waals surface area contributed by atoms with Crippen molar-refractivity contribution < 1.29 is 13.2 Å². The monoisotopic (exact) mass is 305 g/mol. The standard InChI is InChI=1S/C13H20ClNO3S/c1-4-6-10(3)15-19(16,17)11-7-8-13(18-5-2)12(14)9-11/h7-10,15H,4-6H2,1-3H3/t10-/m1/s1. The van der Waals surface area contributed by atoms with Crippen molar-refractivity contribution >= 4 is 21.6 Å². The van der Waals surface area contributed by atoms with Crippen molar-refractivity contribution in [3.05, 3.63) is 23.2 Å². The van der Waals surface area contributed by atoms with E-state index in [9.17, 15) is 8.42 Å². The molecule has 0 aromatic heterocycles. The second kappa shape index (κ2) is 7.12. The summed E-state index contributed by atoms with van der Waals surface area (Å²) in [4.78, 5) is 0.156. The molecule has 6 heteroatoms. The van der Waals surface area contributed by atoms with E-state index in [1.54, 1.807) is 6.07 Å². The maximum Gasteiger partial charge on any atom is 0.240 e. The molecule has 1 aromatic rings. The first kappa shape index (κ1) is 16.3. The summed E-state index contributed by atoms with van der Waals surface area (Å²) in [7, 11) is -3.53. The van der Waals surface area contributed by atoms with E-state index in [4.69, 9.17) is 16.3 Å². The van der Waals surface area contributed by atoms with Crippen molar-refractivity contribution in [1.29, 1.82) is 0 Å². The number of hydrogen-bond acceptors (Lipinski definition) is 3. The van der Waals surface area contributed by atoms with E-state index in [1.165, 1.54) is 12.1 Å². The van der Waals surface area contributed by atoms with Gasteiger partial charge in [0, 0.05) is 6.04 Å². The molecule has 0 aliphatic rings. The molecule has 0 radical (unpaired) electrons. The Kier molecular flexibility index (Phi) is 6.10. The summed E-state index contributed by atoms with van der Waals surface area (Å²) in [5.74, 6) is 0.490. The molecule has 0 unspecified atom stereocenters. The van der Waals surface area contributed by atoms with Gasteiger partial charge in [-0.1, -0.05) is 24.9 Å². The topological polar surface area (TPSA) is 55.4 Å². The molecule has 19 heavy (non-hydrogen) atoms. The van der Waals surface area contributed by atoms with Gasteiger partial charge in [0.2, 0.25) is 10.0 Å². The third-order valence-corrected chi connectivity index (χ3v) is 4.47. The molecular weight excluding hydrogens is 286 g/mol. The van der Waals surface area contributed by atoms with Gasteiger partial charge in [-0.3, -0.25) is 0 Å². The smallest absolute Gasteiger partial charge is 0.240 e. The Bertz CT molecular complexity index is 517. The molecule has 1 atom stereocenters. The molecular formula is C13H20ClNO3S. The van der Waals surface area contributed by atoms with Crippen LogP contribution in [-0.4, -0.2) is 21.1 Å². The fraction of sp³-hybridized carbons (Fsp3) is 0.538. The van der Waals surface area contributed by atoms with Gasteiger partial charge in [-0.25, -0.2) is 13.1 Å². The molecule has 0 heterocycles. The minimum absolute atomic E-state index is 0.0969. The molecule has 0 saturated carbocycles. The molecule has 0 saturated heterocycles. The fourth-order valence-electron chi connectivity index (χ4n) is 1.75. The first-order valence-corrected chi connectivity index (χ1v) is 8.21. The molecule has 4 nitrogen and oxygen atoms in total. The fourth-order valence-corrected chi connectivity index (χ4v) is 3.35. The third kappa shape index (κ3) is 4.67. The van der Waals surface area contributed by atoms with Gasteiger partial charge in [-0.05, 0) is 38.5 Å². The number of sulfonamides is 1. The Labute approximate surface area is 120 Å². The lowest BCUT2D eigenvalue weighted by Crippen LogP contribution is -2.32. The normalized spacial score (nSPS) is 13.3. The van der Waals surface area contributed by atoms with Crippen molar-refractivity contribution in [3.8, 4) is 5.75 Å². The van der Waals surface area contributed by atoms with Gasteiger partial charge < -0.3 is 4.74 Å². The van der Waals surface area contributed by atoms with E-state index in [-0.39, 0.29) is 10.9 Å². The van der Waals surface area contributed by atoms with E-state index >= 15 is 0 Å². The lowest BCUT2D eigenvalue weighted by molar-refractivity contribution is 0.340. The zero-order valence-corrected chi connectivity index (χ0v) is 13.0. The molecule has 0 aliphatic carbocycles. The van der Waals surface area contributed by atoms with Crippen molar-refractivity contribution in [2.24, 2.45) is 0 Å². The van der Waals surface area contributed by atoms with Gasteiger partial charge in [-0.2, -0.15) is 0 Å². The van der Waals surface area contributed by atoms with E-state index in [2.05, 4.69) is 4.72 Å². The van der Waals surface area contributed by atoms with Gasteiger partial charge in [-0.15, -0.1) is 0 Å². The van der Waals surface area contributed by atoms with Crippen LogP contribution in [0.15, 0.2) is 23.1 Å². The first-order valence-electron chi connectivity index (χ1n) is 6.35. The zero-order chi connectivity index (χ0) is 14.5. The van der Waals surface area contributed by atoms with Crippen molar-refractivity contribution in [2.75, 3.05) is 6.61 Å². The van der Waals surface area contributed by atoms with E-state index in [1.807, 2.05) is 20.8 Å². The number of benzene rings is 1. The van der Waals surface area contributed by atoms with E-state index in [0.717, 1.165) is 12.8 Å². The number of ether oxygens (including phenoxy) is 1. The van der Waals surface area contributed by atoms with Crippen LogP contribution in [0.25, 0.3) is 0 Å². The summed E-state index contributed by atoms with van der Waals surface area (Å²) in [6, 6.07) is 4.39. The first-order chi connectivity index (χ1) is 8.90. The molecule has 108 valence electrons. The predicted molar refractivity (Wildman–Crippen MR) is 77.3 cm³/mol. The lowest BCUT2D eigenvalue weighted by Gasteiger charge is -2.14. The van der Waals surface area contributed by atoms with Crippen LogP contribution in [0.2, 0.25) is 5.02 Å². The lowest BCUT2D eigenvalue weighted by atomic mass is 10.2. The average Bonchev–Trinajstić information content (AvgIpc) is 2.31. The van der Waals surface area contributed by atoms with Crippen LogP contribution >= 0.6 is 11.6 Å². The van der Waals surface area contributed by atoms with Gasteiger partial charge in [0.1, 0.15) is 5.75 Å². The Balaban J connectivity index is 2.93. The minimum atomic E-state index is -3.53. The Morgan fingerprint density at radius 2 is 2.05 bits per heavy atom. The number of nitrogens with one attached hydrogen (secondary N) is 1.